The molecule has 0 aromatic heterocycles. The molecule has 4 rings (SSSR count). The zero-order chi connectivity index (χ0) is 24.8. The highest BCUT2D eigenvalue weighted by Gasteiger charge is 2.31. The van der Waals surface area contributed by atoms with E-state index in [9.17, 15) is 14.0 Å². The fourth-order valence-electron chi connectivity index (χ4n) is 4.00. The second kappa shape index (κ2) is 11.0. The van der Waals surface area contributed by atoms with E-state index in [2.05, 4.69) is 5.32 Å². The number of hydrogen-bond donors (Lipinski definition) is 1. The molecular formula is C28H29FN2O4. The molecule has 3 aromatic rings. The molecule has 1 aliphatic rings. The van der Waals surface area contributed by atoms with Crippen LogP contribution in [0.5, 0.6) is 11.5 Å². The van der Waals surface area contributed by atoms with Crippen molar-refractivity contribution in [3.05, 3.63) is 95.3 Å². The highest BCUT2D eigenvalue weighted by atomic mass is 19.1. The zero-order valence-corrected chi connectivity index (χ0v) is 19.9. The van der Waals surface area contributed by atoms with Gasteiger partial charge in [0.1, 0.15) is 11.9 Å². The summed E-state index contributed by atoms with van der Waals surface area (Å²) in [7, 11) is 0. The summed E-state index contributed by atoms with van der Waals surface area (Å²) < 4.78 is 24.2. The number of halogens is 1. The zero-order valence-electron chi connectivity index (χ0n) is 19.9. The summed E-state index contributed by atoms with van der Waals surface area (Å²) >= 11 is 0. The Morgan fingerprint density at radius 3 is 2.31 bits per heavy atom. The second-order valence-corrected chi connectivity index (χ2v) is 8.86. The van der Waals surface area contributed by atoms with Crippen LogP contribution in [-0.2, 0) is 29.1 Å². The van der Waals surface area contributed by atoms with Gasteiger partial charge in [0.2, 0.25) is 18.6 Å². The number of carbonyl (C=O) groups excluding carboxylic acids is 2. The van der Waals surface area contributed by atoms with Crippen molar-refractivity contribution in [3.8, 4) is 11.5 Å². The third-order valence-corrected chi connectivity index (χ3v) is 5.90. The van der Waals surface area contributed by atoms with Gasteiger partial charge in [0.15, 0.2) is 11.5 Å². The van der Waals surface area contributed by atoms with E-state index < -0.39 is 6.04 Å². The minimum atomic E-state index is -0.744. The lowest BCUT2D eigenvalue weighted by atomic mass is 10.0. The van der Waals surface area contributed by atoms with Crippen LogP contribution in [0.2, 0.25) is 0 Å². The normalized spacial score (nSPS) is 12.9. The molecule has 0 aliphatic carbocycles. The van der Waals surface area contributed by atoms with Crippen LogP contribution in [0.4, 0.5) is 4.39 Å². The van der Waals surface area contributed by atoms with Crippen LogP contribution in [0.1, 0.15) is 30.5 Å². The summed E-state index contributed by atoms with van der Waals surface area (Å²) in [6, 6.07) is 20.4. The molecule has 1 heterocycles. The maximum atomic E-state index is 13.5. The van der Waals surface area contributed by atoms with Gasteiger partial charge in [-0.3, -0.25) is 9.59 Å². The Morgan fingerprint density at radius 1 is 0.914 bits per heavy atom. The molecule has 0 saturated carbocycles. The Kier molecular flexibility index (Phi) is 7.65. The Morgan fingerprint density at radius 2 is 1.60 bits per heavy atom. The first kappa shape index (κ1) is 24.3. The van der Waals surface area contributed by atoms with Crippen molar-refractivity contribution in [1.82, 2.24) is 10.2 Å². The number of nitrogens with one attached hydrogen (secondary N) is 1. The highest BCUT2D eigenvalue weighted by molar-refractivity contribution is 5.88. The van der Waals surface area contributed by atoms with Gasteiger partial charge in [-0.25, -0.2) is 4.39 Å². The molecule has 0 radical (unpaired) electrons. The molecule has 1 aliphatic heterocycles. The van der Waals surface area contributed by atoms with Gasteiger partial charge < -0.3 is 19.7 Å². The topological polar surface area (TPSA) is 67.9 Å². The molecule has 6 nitrogen and oxygen atoms in total. The van der Waals surface area contributed by atoms with E-state index in [4.69, 9.17) is 9.47 Å². The average molecular weight is 477 g/mol. The molecule has 0 fully saturated rings. The molecule has 0 spiro atoms. The molecule has 3 aromatic carbocycles. The maximum absolute atomic E-state index is 13.5. The van der Waals surface area contributed by atoms with Gasteiger partial charge in [0, 0.05) is 25.4 Å². The predicted octanol–water partition coefficient (Wildman–Crippen LogP) is 4.47. The minimum absolute atomic E-state index is 0.145. The first-order chi connectivity index (χ1) is 16.9. The Balaban J connectivity index is 1.58. The third-order valence-electron chi connectivity index (χ3n) is 5.90. The summed E-state index contributed by atoms with van der Waals surface area (Å²) in [5, 5.41) is 2.99. The maximum Gasteiger partial charge on any atom is 0.243 e. The molecular weight excluding hydrogens is 447 g/mol. The first-order valence-electron chi connectivity index (χ1n) is 11.7. The number of carbonyl (C=O) groups is 2. The molecule has 182 valence electrons. The van der Waals surface area contributed by atoms with Crippen molar-refractivity contribution in [2.45, 2.75) is 39.4 Å². The molecule has 7 heteroatoms. The molecule has 1 atom stereocenters. The van der Waals surface area contributed by atoms with Gasteiger partial charge in [-0.05, 0) is 41.0 Å². The van der Waals surface area contributed by atoms with Crippen molar-refractivity contribution in [2.75, 3.05) is 6.79 Å². The summed E-state index contributed by atoms with van der Waals surface area (Å²) in [4.78, 5) is 28.4. The van der Waals surface area contributed by atoms with Crippen molar-refractivity contribution in [1.29, 1.82) is 0 Å². The molecule has 0 bridgehead atoms. The number of amides is 2. The van der Waals surface area contributed by atoms with Crippen LogP contribution >= 0.6 is 0 Å². The molecule has 0 saturated heterocycles. The standard InChI is InChI=1S/C28H29FN2O4/c1-19(2)28(33)31(17-21-8-11-23(29)12-9-21)24(14-20-6-4-3-5-7-20)27(32)30-16-22-10-13-25-26(15-22)35-18-34-25/h3-13,15,19,24H,14,16-18H2,1-2H3,(H,30,32)/t24-/m1/s1. The van der Waals surface area contributed by atoms with Gasteiger partial charge in [0.25, 0.3) is 0 Å². The van der Waals surface area contributed by atoms with Crippen molar-refractivity contribution in [3.63, 3.8) is 0 Å². The monoisotopic (exact) mass is 476 g/mol. The second-order valence-electron chi connectivity index (χ2n) is 8.86. The third kappa shape index (κ3) is 6.18. The lowest BCUT2D eigenvalue weighted by Gasteiger charge is -2.33. The van der Waals surface area contributed by atoms with Crippen molar-refractivity contribution in [2.24, 2.45) is 5.92 Å². The summed E-state index contributed by atoms with van der Waals surface area (Å²) in [5.41, 5.74) is 2.56. The highest BCUT2D eigenvalue weighted by Crippen LogP contribution is 2.32. The minimum Gasteiger partial charge on any atom is -0.454 e. The number of ether oxygens (including phenoxy) is 2. The van der Waals surface area contributed by atoms with Crippen LogP contribution in [-0.4, -0.2) is 29.5 Å². The summed E-state index contributed by atoms with van der Waals surface area (Å²) in [6.45, 7) is 4.28. The van der Waals surface area contributed by atoms with Crippen molar-refractivity contribution < 1.29 is 23.5 Å². The van der Waals surface area contributed by atoms with E-state index in [1.165, 1.54) is 12.1 Å². The lowest BCUT2D eigenvalue weighted by molar-refractivity contribution is -0.143. The van der Waals surface area contributed by atoms with Gasteiger partial charge in [-0.2, -0.15) is 0 Å². The number of rotatable bonds is 9. The van der Waals surface area contributed by atoms with E-state index in [0.29, 0.717) is 17.9 Å². The van der Waals surface area contributed by atoms with E-state index in [1.54, 1.807) is 17.0 Å². The van der Waals surface area contributed by atoms with E-state index >= 15 is 0 Å². The molecule has 1 N–H and O–H groups in total. The Labute approximate surface area is 204 Å². The average Bonchev–Trinajstić information content (AvgIpc) is 3.34. The molecule has 2 amide bonds. The van der Waals surface area contributed by atoms with Gasteiger partial charge in [-0.15, -0.1) is 0 Å². The summed E-state index contributed by atoms with van der Waals surface area (Å²) in [5.74, 6) is 0.254. The number of hydrogen-bond acceptors (Lipinski definition) is 4. The van der Waals surface area contributed by atoms with Crippen LogP contribution < -0.4 is 14.8 Å². The number of nitrogens with zero attached hydrogens (tertiary/aromatic N) is 1. The van der Waals surface area contributed by atoms with Gasteiger partial charge in [0.05, 0.1) is 0 Å². The van der Waals surface area contributed by atoms with Gasteiger partial charge in [-0.1, -0.05) is 62.4 Å². The lowest BCUT2D eigenvalue weighted by Crippen LogP contribution is -2.51. The smallest absolute Gasteiger partial charge is 0.243 e. The Hall–Kier alpha value is -3.87. The van der Waals surface area contributed by atoms with Gasteiger partial charge >= 0.3 is 0 Å². The van der Waals surface area contributed by atoms with E-state index in [1.807, 2.05) is 62.4 Å². The van der Waals surface area contributed by atoms with Crippen LogP contribution in [0.25, 0.3) is 0 Å². The SMILES string of the molecule is CC(C)C(=O)N(Cc1ccc(F)cc1)[C@H](Cc1ccccc1)C(=O)NCc1ccc2c(c1)OCO2. The molecule has 35 heavy (non-hydrogen) atoms. The van der Waals surface area contributed by atoms with E-state index in [0.717, 1.165) is 16.7 Å². The fourth-order valence-corrected chi connectivity index (χ4v) is 4.00. The van der Waals surface area contributed by atoms with Crippen LogP contribution in [0.15, 0.2) is 72.8 Å². The predicted molar refractivity (Wildman–Crippen MR) is 130 cm³/mol. The van der Waals surface area contributed by atoms with E-state index in [-0.39, 0.29) is 43.4 Å². The summed E-state index contributed by atoms with van der Waals surface area (Å²) in [6.07, 6.45) is 0.355. The first-order valence-corrected chi connectivity index (χ1v) is 11.7. The van der Waals surface area contributed by atoms with Crippen LogP contribution in [0.3, 0.4) is 0 Å². The Bertz CT molecular complexity index is 1170. The largest absolute Gasteiger partial charge is 0.454 e. The number of benzene rings is 3. The number of fused-ring (bicyclic) bond motifs is 1. The van der Waals surface area contributed by atoms with Crippen molar-refractivity contribution >= 4 is 11.8 Å². The molecule has 0 unspecified atom stereocenters. The fraction of sp³-hybridized carbons (Fsp3) is 0.286. The van der Waals surface area contributed by atoms with Crippen LogP contribution in [0, 0.1) is 11.7 Å². The quantitative estimate of drug-likeness (QED) is 0.495.